The molecule has 0 unspecified atom stereocenters. The maximum Gasteiger partial charge on any atom is 0.339 e. The predicted molar refractivity (Wildman–Crippen MR) is 72.9 cm³/mol. The van der Waals surface area contributed by atoms with Crippen LogP contribution in [0.4, 0.5) is 0 Å². The molecule has 0 atom stereocenters. The van der Waals surface area contributed by atoms with Crippen LogP contribution in [0.5, 0.6) is 11.5 Å². The monoisotopic (exact) mass is 288 g/mol. The number of para-hydroxylation sites is 2. The third kappa shape index (κ3) is 2.79. The zero-order valence-electron chi connectivity index (χ0n) is 10.8. The van der Waals surface area contributed by atoms with Crippen LogP contribution < -0.4 is 0 Å². The highest BCUT2D eigenvalue weighted by Crippen LogP contribution is 2.29. The zero-order valence-corrected chi connectivity index (χ0v) is 10.8. The summed E-state index contributed by atoms with van der Waals surface area (Å²) in [5.74, 6) is -3.33. The Kier molecular flexibility index (Phi) is 3.80. The number of hydrogen-bond donors (Lipinski definition) is 4. The lowest BCUT2D eigenvalue weighted by molar-refractivity contribution is 0.0682. The highest BCUT2D eigenvalue weighted by molar-refractivity contribution is 5.92. The number of hydrogen-bond acceptors (Lipinski definition) is 4. The number of carboxylic acids is 2. The number of rotatable bonds is 4. The van der Waals surface area contributed by atoms with Crippen LogP contribution in [0.3, 0.4) is 0 Å². The van der Waals surface area contributed by atoms with Crippen LogP contribution in [0, 0.1) is 0 Å². The van der Waals surface area contributed by atoms with Gasteiger partial charge in [-0.15, -0.1) is 0 Å². The molecule has 6 nitrogen and oxygen atoms in total. The molecule has 0 aliphatic rings. The molecule has 2 aromatic carbocycles. The van der Waals surface area contributed by atoms with Crippen LogP contribution in [-0.2, 0) is 6.42 Å². The Bertz CT molecular complexity index is 659. The van der Waals surface area contributed by atoms with E-state index in [2.05, 4.69) is 0 Å². The summed E-state index contributed by atoms with van der Waals surface area (Å²) in [6.07, 6.45) is 0.0138. The first-order valence-electron chi connectivity index (χ1n) is 6.00. The third-order valence-corrected chi connectivity index (χ3v) is 3.08. The lowest BCUT2D eigenvalue weighted by Crippen LogP contribution is -2.01. The van der Waals surface area contributed by atoms with Gasteiger partial charge in [0.1, 0.15) is 22.6 Å². The number of carbonyl (C=O) groups is 2. The first-order chi connectivity index (χ1) is 9.91. The van der Waals surface area contributed by atoms with Crippen molar-refractivity contribution < 1.29 is 30.0 Å². The fraction of sp³-hybridized carbons (Fsp3) is 0.0667. The lowest BCUT2D eigenvalue weighted by Gasteiger charge is -2.10. The van der Waals surface area contributed by atoms with Gasteiger partial charge in [0.15, 0.2) is 0 Å². The molecule has 0 aliphatic carbocycles. The van der Waals surface area contributed by atoms with Crippen molar-refractivity contribution in [2.45, 2.75) is 6.42 Å². The quantitative estimate of drug-likeness (QED) is 0.684. The minimum Gasteiger partial charge on any atom is -0.507 e. The van der Waals surface area contributed by atoms with Crippen molar-refractivity contribution in [2.75, 3.05) is 0 Å². The van der Waals surface area contributed by atoms with E-state index in [4.69, 9.17) is 10.2 Å². The molecule has 4 N–H and O–H groups in total. The molecule has 0 amide bonds. The molecule has 21 heavy (non-hydrogen) atoms. The molecule has 0 spiro atoms. The van der Waals surface area contributed by atoms with Crippen molar-refractivity contribution >= 4 is 11.9 Å². The maximum atomic E-state index is 10.9. The van der Waals surface area contributed by atoms with Gasteiger partial charge in [0, 0.05) is 6.42 Å². The molecule has 0 saturated heterocycles. The molecule has 2 rings (SSSR count). The van der Waals surface area contributed by atoms with Crippen molar-refractivity contribution in [3.8, 4) is 11.5 Å². The summed E-state index contributed by atoms with van der Waals surface area (Å²) in [5, 5.41) is 37.7. The molecule has 0 saturated carbocycles. The standard InChI is InChI=1S/C15H12O6/c16-12-8(3-1-5-10(12)14(18)19)7-9-4-2-6-11(13(9)17)15(20)21/h1-6,16-17H,7H2,(H,18,19)(H,20,21). The van der Waals surface area contributed by atoms with Gasteiger partial charge >= 0.3 is 11.9 Å². The van der Waals surface area contributed by atoms with Crippen molar-refractivity contribution in [1.82, 2.24) is 0 Å². The normalized spacial score (nSPS) is 10.3. The third-order valence-electron chi connectivity index (χ3n) is 3.08. The molecular formula is C15H12O6. The van der Waals surface area contributed by atoms with Crippen LogP contribution >= 0.6 is 0 Å². The summed E-state index contributed by atoms with van der Waals surface area (Å²) in [6, 6.07) is 8.47. The summed E-state index contributed by atoms with van der Waals surface area (Å²) >= 11 is 0. The SMILES string of the molecule is O=C(O)c1cccc(Cc2cccc(C(=O)O)c2O)c1O. The Morgan fingerprint density at radius 3 is 1.48 bits per heavy atom. The van der Waals surface area contributed by atoms with Gasteiger partial charge < -0.3 is 20.4 Å². The van der Waals surface area contributed by atoms with Crippen molar-refractivity contribution in [1.29, 1.82) is 0 Å². The van der Waals surface area contributed by atoms with Gasteiger partial charge in [-0.1, -0.05) is 24.3 Å². The maximum absolute atomic E-state index is 10.9. The summed E-state index contributed by atoms with van der Waals surface area (Å²) < 4.78 is 0. The summed E-state index contributed by atoms with van der Waals surface area (Å²) in [5.41, 5.74) is 0.0724. The Morgan fingerprint density at radius 1 is 0.762 bits per heavy atom. The van der Waals surface area contributed by atoms with E-state index in [9.17, 15) is 19.8 Å². The first kappa shape index (κ1) is 14.4. The number of aromatic carboxylic acids is 2. The number of benzene rings is 2. The second-order valence-corrected chi connectivity index (χ2v) is 4.41. The number of aromatic hydroxyl groups is 2. The lowest BCUT2D eigenvalue weighted by atomic mass is 9.99. The van der Waals surface area contributed by atoms with E-state index in [1.807, 2.05) is 0 Å². The average Bonchev–Trinajstić information content (AvgIpc) is 2.42. The van der Waals surface area contributed by atoms with E-state index in [-0.39, 0.29) is 28.7 Å². The second kappa shape index (κ2) is 5.54. The Morgan fingerprint density at radius 2 is 1.14 bits per heavy atom. The fourth-order valence-electron chi connectivity index (χ4n) is 2.02. The van der Waals surface area contributed by atoms with E-state index in [0.717, 1.165) is 0 Å². The van der Waals surface area contributed by atoms with E-state index in [0.29, 0.717) is 0 Å². The molecule has 0 fully saturated rings. The topological polar surface area (TPSA) is 115 Å². The number of carboxylic acid groups (broad SMARTS) is 2. The van der Waals surface area contributed by atoms with Crippen LogP contribution in [0.25, 0.3) is 0 Å². The minimum absolute atomic E-state index is 0.0138. The smallest absolute Gasteiger partial charge is 0.339 e. The Hall–Kier alpha value is -3.02. The van der Waals surface area contributed by atoms with Crippen LogP contribution in [0.15, 0.2) is 36.4 Å². The fourth-order valence-corrected chi connectivity index (χ4v) is 2.02. The Labute approximate surface area is 119 Å². The molecule has 0 aliphatic heterocycles. The van der Waals surface area contributed by atoms with E-state index >= 15 is 0 Å². The van der Waals surface area contributed by atoms with Gasteiger partial charge in [0.25, 0.3) is 0 Å². The van der Waals surface area contributed by atoms with Gasteiger partial charge in [-0.25, -0.2) is 9.59 Å². The summed E-state index contributed by atoms with van der Waals surface area (Å²) in [4.78, 5) is 21.9. The summed E-state index contributed by atoms with van der Waals surface area (Å²) in [7, 11) is 0. The summed E-state index contributed by atoms with van der Waals surface area (Å²) in [6.45, 7) is 0. The predicted octanol–water partition coefficient (Wildman–Crippen LogP) is 2.08. The molecule has 2 aromatic rings. The van der Waals surface area contributed by atoms with Gasteiger partial charge in [-0.05, 0) is 23.3 Å². The second-order valence-electron chi connectivity index (χ2n) is 4.41. The molecule has 108 valence electrons. The van der Waals surface area contributed by atoms with Crippen molar-refractivity contribution in [3.05, 3.63) is 58.7 Å². The first-order valence-corrected chi connectivity index (χ1v) is 6.00. The molecule has 0 heterocycles. The molecular weight excluding hydrogens is 276 g/mol. The Balaban J connectivity index is 2.44. The molecule has 0 radical (unpaired) electrons. The average molecular weight is 288 g/mol. The molecule has 0 bridgehead atoms. The van der Waals surface area contributed by atoms with Gasteiger partial charge in [0.05, 0.1) is 0 Å². The van der Waals surface area contributed by atoms with Crippen molar-refractivity contribution in [2.24, 2.45) is 0 Å². The van der Waals surface area contributed by atoms with Crippen molar-refractivity contribution in [3.63, 3.8) is 0 Å². The van der Waals surface area contributed by atoms with Crippen LogP contribution in [0.1, 0.15) is 31.8 Å². The highest BCUT2D eigenvalue weighted by Gasteiger charge is 2.17. The van der Waals surface area contributed by atoms with E-state index in [1.54, 1.807) is 0 Å². The van der Waals surface area contributed by atoms with E-state index in [1.165, 1.54) is 36.4 Å². The van der Waals surface area contributed by atoms with Gasteiger partial charge in [0.2, 0.25) is 0 Å². The van der Waals surface area contributed by atoms with Crippen LogP contribution in [-0.4, -0.2) is 32.4 Å². The number of phenols is 2. The largest absolute Gasteiger partial charge is 0.507 e. The molecule has 6 heteroatoms. The zero-order chi connectivity index (χ0) is 15.6. The molecule has 0 aromatic heterocycles. The minimum atomic E-state index is -1.27. The highest BCUT2D eigenvalue weighted by atomic mass is 16.4. The van der Waals surface area contributed by atoms with Gasteiger partial charge in [-0.2, -0.15) is 0 Å². The van der Waals surface area contributed by atoms with Gasteiger partial charge in [-0.3, -0.25) is 0 Å². The van der Waals surface area contributed by atoms with Crippen LogP contribution in [0.2, 0.25) is 0 Å². The van der Waals surface area contributed by atoms with E-state index < -0.39 is 23.4 Å².